The Morgan fingerprint density at radius 2 is 2.00 bits per heavy atom. The zero-order chi connectivity index (χ0) is 19.6. The first kappa shape index (κ1) is 19.6. The van der Waals surface area contributed by atoms with Crippen molar-refractivity contribution < 1.29 is 4.79 Å². The standard InChI is InChI=1S/C22H32N4O/c1-15-10-11-17(21-25-24-19-9-7-6-8-12-26(19)21)14-18(15)23-20(27)13-16(2)22(3,4)5/h10-11,14,16H,6-9,12-13H2,1-5H3,(H,23,27). The van der Waals surface area contributed by atoms with Gasteiger partial charge < -0.3 is 9.88 Å². The van der Waals surface area contributed by atoms with Gasteiger partial charge in [-0.3, -0.25) is 4.79 Å². The van der Waals surface area contributed by atoms with Crippen molar-refractivity contribution in [2.75, 3.05) is 5.32 Å². The highest BCUT2D eigenvalue weighted by Gasteiger charge is 2.23. The number of nitrogens with zero attached hydrogens (tertiary/aromatic N) is 3. The summed E-state index contributed by atoms with van der Waals surface area (Å²) in [5, 5.41) is 12.0. The Morgan fingerprint density at radius 1 is 1.22 bits per heavy atom. The van der Waals surface area contributed by atoms with Crippen LogP contribution in [0.1, 0.15) is 64.8 Å². The number of hydrogen-bond donors (Lipinski definition) is 1. The molecule has 0 radical (unpaired) electrons. The number of fused-ring (bicyclic) bond motifs is 1. The molecule has 1 atom stereocenters. The average Bonchev–Trinajstić information content (AvgIpc) is 2.84. The first-order chi connectivity index (χ1) is 12.8. The van der Waals surface area contributed by atoms with E-state index in [-0.39, 0.29) is 11.3 Å². The molecule has 0 spiro atoms. The molecule has 1 aliphatic rings. The Hall–Kier alpha value is -2.17. The number of amides is 1. The van der Waals surface area contributed by atoms with E-state index in [9.17, 15) is 4.79 Å². The van der Waals surface area contributed by atoms with Gasteiger partial charge in [-0.2, -0.15) is 0 Å². The van der Waals surface area contributed by atoms with Crippen LogP contribution in [0, 0.1) is 18.3 Å². The van der Waals surface area contributed by atoms with Crippen molar-refractivity contribution in [1.29, 1.82) is 0 Å². The van der Waals surface area contributed by atoms with Crippen LogP contribution in [-0.2, 0) is 17.8 Å². The van der Waals surface area contributed by atoms with Gasteiger partial charge in [-0.05, 0) is 42.7 Å². The number of hydrogen-bond acceptors (Lipinski definition) is 3. The second kappa shape index (κ2) is 7.83. The molecule has 2 heterocycles. The average molecular weight is 369 g/mol. The topological polar surface area (TPSA) is 59.8 Å². The molecule has 5 nitrogen and oxygen atoms in total. The predicted molar refractivity (Wildman–Crippen MR) is 110 cm³/mol. The predicted octanol–water partition coefficient (Wildman–Crippen LogP) is 4.99. The van der Waals surface area contributed by atoms with Crippen LogP contribution >= 0.6 is 0 Å². The molecule has 1 amide bonds. The number of rotatable bonds is 4. The molecule has 0 saturated carbocycles. The highest BCUT2D eigenvalue weighted by Crippen LogP contribution is 2.30. The van der Waals surface area contributed by atoms with Crippen molar-refractivity contribution in [1.82, 2.24) is 14.8 Å². The van der Waals surface area contributed by atoms with Crippen molar-refractivity contribution in [3.05, 3.63) is 29.6 Å². The van der Waals surface area contributed by atoms with E-state index in [0.717, 1.165) is 47.8 Å². The van der Waals surface area contributed by atoms with Gasteiger partial charge in [0.15, 0.2) is 5.82 Å². The highest BCUT2D eigenvalue weighted by atomic mass is 16.1. The third kappa shape index (κ3) is 4.57. The summed E-state index contributed by atoms with van der Waals surface area (Å²) in [5.41, 5.74) is 3.06. The van der Waals surface area contributed by atoms with Crippen LogP contribution in [0.25, 0.3) is 11.4 Å². The third-order valence-corrected chi connectivity index (χ3v) is 5.85. The lowest BCUT2D eigenvalue weighted by Gasteiger charge is -2.26. The lowest BCUT2D eigenvalue weighted by atomic mass is 9.80. The Kier molecular flexibility index (Phi) is 5.68. The second-order valence-electron chi connectivity index (χ2n) is 8.95. The van der Waals surface area contributed by atoms with Crippen molar-refractivity contribution in [2.24, 2.45) is 11.3 Å². The third-order valence-electron chi connectivity index (χ3n) is 5.85. The maximum absolute atomic E-state index is 12.6. The molecule has 1 unspecified atom stereocenters. The summed E-state index contributed by atoms with van der Waals surface area (Å²) >= 11 is 0. The number of aryl methyl sites for hydroxylation is 2. The molecular formula is C22H32N4O. The lowest BCUT2D eigenvalue weighted by molar-refractivity contribution is -0.117. The number of benzene rings is 1. The van der Waals surface area contributed by atoms with Gasteiger partial charge >= 0.3 is 0 Å². The molecule has 1 aromatic heterocycles. The van der Waals surface area contributed by atoms with E-state index in [1.54, 1.807) is 0 Å². The summed E-state index contributed by atoms with van der Waals surface area (Å²) in [7, 11) is 0. The Balaban J connectivity index is 1.81. The molecule has 0 saturated heterocycles. The fourth-order valence-corrected chi connectivity index (χ4v) is 3.38. The molecular weight excluding hydrogens is 336 g/mol. The quantitative estimate of drug-likeness (QED) is 0.827. The Bertz CT molecular complexity index is 816. The lowest BCUT2D eigenvalue weighted by Crippen LogP contribution is -2.24. The molecule has 1 aliphatic heterocycles. The first-order valence-electron chi connectivity index (χ1n) is 10.1. The normalized spacial score (nSPS) is 15.7. The van der Waals surface area contributed by atoms with Gasteiger partial charge in [0.1, 0.15) is 5.82 Å². The van der Waals surface area contributed by atoms with E-state index in [4.69, 9.17) is 0 Å². The van der Waals surface area contributed by atoms with Crippen molar-refractivity contribution in [3.63, 3.8) is 0 Å². The van der Waals surface area contributed by atoms with Gasteiger partial charge in [-0.25, -0.2) is 0 Å². The fraction of sp³-hybridized carbons (Fsp3) is 0.591. The van der Waals surface area contributed by atoms with Gasteiger partial charge in [0.2, 0.25) is 5.91 Å². The number of anilines is 1. The summed E-state index contributed by atoms with van der Waals surface area (Å²) in [6.45, 7) is 11.6. The molecule has 1 aromatic carbocycles. The zero-order valence-corrected chi connectivity index (χ0v) is 17.3. The van der Waals surface area contributed by atoms with E-state index >= 15 is 0 Å². The second-order valence-corrected chi connectivity index (χ2v) is 8.95. The molecule has 5 heteroatoms. The molecule has 2 aromatic rings. The SMILES string of the molecule is Cc1ccc(-c2nnc3n2CCCCC3)cc1NC(=O)CC(C)C(C)(C)C. The molecule has 1 N–H and O–H groups in total. The summed E-state index contributed by atoms with van der Waals surface area (Å²) in [5.74, 6) is 2.36. The Labute approximate surface area is 162 Å². The van der Waals surface area contributed by atoms with Crippen molar-refractivity contribution in [2.45, 2.75) is 73.3 Å². The van der Waals surface area contributed by atoms with E-state index in [0.29, 0.717) is 12.3 Å². The van der Waals surface area contributed by atoms with Gasteiger partial charge in [0.25, 0.3) is 0 Å². The molecule has 0 bridgehead atoms. The minimum Gasteiger partial charge on any atom is -0.326 e. The highest BCUT2D eigenvalue weighted by molar-refractivity contribution is 5.92. The summed E-state index contributed by atoms with van der Waals surface area (Å²) in [6.07, 6.45) is 5.10. The number of carbonyl (C=O) groups is 1. The summed E-state index contributed by atoms with van der Waals surface area (Å²) in [6, 6.07) is 6.17. The van der Waals surface area contributed by atoms with E-state index in [2.05, 4.69) is 59.9 Å². The molecule has 146 valence electrons. The summed E-state index contributed by atoms with van der Waals surface area (Å²) in [4.78, 5) is 12.6. The van der Waals surface area contributed by atoms with E-state index < -0.39 is 0 Å². The monoisotopic (exact) mass is 368 g/mol. The first-order valence-corrected chi connectivity index (χ1v) is 10.1. The maximum Gasteiger partial charge on any atom is 0.224 e. The van der Waals surface area contributed by atoms with Crippen LogP contribution < -0.4 is 5.32 Å². The molecule has 27 heavy (non-hydrogen) atoms. The molecule has 0 fully saturated rings. The van der Waals surface area contributed by atoms with Gasteiger partial charge in [0, 0.05) is 30.6 Å². The molecule has 0 aliphatic carbocycles. The van der Waals surface area contributed by atoms with Crippen LogP contribution in [0.3, 0.4) is 0 Å². The minimum absolute atomic E-state index is 0.0674. The number of aromatic nitrogens is 3. The van der Waals surface area contributed by atoms with E-state index in [1.165, 1.54) is 12.8 Å². The van der Waals surface area contributed by atoms with Crippen LogP contribution in [0.2, 0.25) is 0 Å². The zero-order valence-electron chi connectivity index (χ0n) is 17.3. The van der Waals surface area contributed by atoms with Gasteiger partial charge in [-0.1, -0.05) is 46.2 Å². The minimum atomic E-state index is 0.0674. The number of nitrogens with one attached hydrogen (secondary N) is 1. The van der Waals surface area contributed by atoms with Crippen LogP contribution in [0.5, 0.6) is 0 Å². The van der Waals surface area contributed by atoms with Crippen LogP contribution in [0.15, 0.2) is 18.2 Å². The fourth-order valence-electron chi connectivity index (χ4n) is 3.38. The summed E-state index contributed by atoms with van der Waals surface area (Å²) < 4.78 is 2.24. The largest absolute Gasteiger partial charge is 0.326 e. The van der Waals surface area contributed by atoms with Crippen molar-refractivity contribution in [3.8, 4) is 11.4 Å². The van der Waals surface area contributed by atoms with Gasteiger partial charge in [0.05, 0.1) is 0 Å². The smallest absolute Gasteiger partial charge is 0.224 e. The number of carbonyl (C=O) groups excluding carboxylic acids is 1. The Morgan fingerprint density at radius 3 is 2.74 bits per heavy atom. The van der Waals surface area contributed by atoms with Crippen LogP contribution in [-0.4, -0.2) is 20.7 Å². The van der Waals surface area contributed by atoms with Crippen molar-refractivity contribution >= 4 is 11.6 Å². The maximum atomic E-state index is 12.6. The van der Waals surface area contributed by atoms with E-state index in [1.807, 2.05) is 13.0 Å². The van der Waals surface area contributed by atoms with Gasteiger partial charge in [-0.15, -0.1) is 10.2 Å². The van der Waals surface area contributed by atoms with Crippen LogP contribution in [0.4, 0.5) is 5.69 Å². The molecule has 3 rings (SSSR count).